The topological polar surface area (TPSA) is 73.6 Å². The fourth-order valence-corrected chi connectivity index (χ4v) is 3.47. The maximum absolute atomic E-state index is 14.0. The minimum Gasteiger partial charge on any atom is -0.354 e. The lowest BCUT2D eigenvalue weighted by molar-refractivity contribution is 0.298. The average molecular weight is 388 g/mol. The van der Waals surface area contributed by atoms with Crippen LogP contribution in [-0.4, -0.2) is 72.4 Å². The van der Waals surface area contributed by atoms with Crippen LogP contribution in [-0.2, 0) is 7.05 Å². The Hall–Kier alpha value is -2.68. The summed E-state index contributed by atoms with van der Waals surface area (Å²) >= 11 is 0. The maximum Gasteiger partial charge on any atom is 0.191 e. The summed E-state index contributed by atoms with van der Waals surface area (Å²) in [7, 11) is 7.77. The molecular weight excluding hydrogens is 359 g/mol. The van der Waals surface area contributed by atoms with Gasteiger partial charge in [0.25, 0.3) is 0 Å². The van der Waals surface area contributed by atoms with Crippen LogP contribution in [0.25, 0.3) is 0 Å². The third kappa shape index (κ3) is 4.78. The SMILES string of the molecule is CN=C(NCC(c1cnn(C)c1)N(C)C)NC1CCN(c2ncccc2F)C1. The molecule has 2 atom stereocenters. The highest BCUT2D eigenvalue weighted by atomic mass is 19.1. The summed E-state index contributed by atoms with van der Waals surface area (Å²) < 4.78 is 15.8. The van der Waals surface area contributed by atoms with Gasteiger partial charge in [-0.25, -0.2) is 9.37 Å². The third-order valence-electron chi connectivity index (χ3n) is 4.99. The second kappa shape index (κ2) is 9.01. The summed E-state index contributed by atoms with van der Waals surface area (Å²) in [5.74, 6) is 0.874. The van der Waals surface area contributed by atoms with E-state index < -0.39 is 0 Å². The third-order valence-corrected chi connectivity index (χ3v) is 4.99. The van der Waals surface area contributed by atoms with Gasteiger partial charge in [-0.2, -0.15) is 5.10 Å². The highest BCUT2D eigenvalue weighted by molar-refractivity contribution is 5.80. The summed E-state index contributed by atoms with van der Waals surface area (Å²) in [4.78, 5) is 12.6. The van der Waals surface area contributed by atoms with E-state index in [9.17, 15) is 4.39 Å². The molecule has 1 saturated heterocycles. The van der Waals surface area contributed by atoms with Gasteiger partial charge in [0.2, 0.25) is 0 Å². The number of aliphatic imine (C=N–C) groups is 1. The highest BCUT2D eigenvalue weighted by Crippen LogP contribution is 2.21. The minimum atomic E-state index is -0.282. The van der Waals surface area contributed by atoms with Crippen molar-refractivity contribution in [3.05, 3.63) is 42.1 Å². The molecule has 0 bridgehead atoms. The number of hydrogen-bond acceptors (Lipinski definition) is 5. The van der Waals surface area contributed by atoms with Gasteiger partial charge in [-0.05, 0) is 32.6 Å². The summed E-state index contributed by atoms with van der Waals surface area (Å²) in [6.45, 7) is 2.15. The number of likely N-dealkylation sites (N-methyl/N-ethyl adjacent to an activating group) is 1. The number of guanidine groups is 1. The second-order valence-electron chi connectivity index (χ2n) is 7.26. The van der Waals surface area contributed by atoms with E-state index in [1.165, 1.54) is 6.07 Å². The first-order valence-electron chi connectivity index (χ1n) is 9.45. The van der Waals surface area contributed by atoms with Crippen LogP contribution in [0.2, 0.25) is 0 Å². The summed E-state index contributed by atoms with van der Waals surface area (Å²) in [5, 5.41) is 11.1. The van der Waals surface area contributed by atoms with E-state index in [4.69, 9.17) is 0 Å². The quantitative estimate of drug-likeness (QED) is 0.568. The molecule has 0 spiro atoms. The molecule has 2 unspecified atom stereocenters. The molecule has 3 rings (SSSR count). The van der Waals surface area contributed by atoms with Gasteiger partial charge in [-0.15, -0.1) is 0 Å². The monoisotopic (exact) mass is 388 g/mol. The van der Waals surface area contributed by atoms with Crippen LogP contribution < -0.4 is 15.5 Å². The van der Waals surface area contributed by atoms with Gasteiger partial charge in [-0.3, -0.25) is 9.67 Å². The van der Waals surface area contributed by atoms with Gasteiger partial charge >= 0.3 is 0 Å². The number of nitrogens with one attached hydrogen (secondary N) is 2. The largest absolute Gasteiger partial charge is 0.354 e. The number of pyridine rings is 1. The Labute approximate surface area is 165 Å². The van der Waals surface area contributed by atoms with E-state index in [0.717, 1.165) is 24.5 Å². The predicted molar refractivity (Wildman–Crippen MR) is 109 cm³/mol. The van der Waals surface area contributed by atoms with Crippen LogP contribution in [0.5, 0.6) is 0 Å². The number of anilines is 1. The molecule has 8 nitrogen and oxygen atoms in total. The smallest absolute Gasteiger partial charge is 0.191 e. The zero-order valence-electron chi connectivity index (χ0n) is 16.9. The van der Waals surface area contributed by atoms with E-state index in [1.54, 1.807) is 19.3 Å². The zero-order valence-corrected chi connectivity index (χ0v) is 16.9. The molecule has 1 aliphatic heterocycles. The molecule has 2 aromatic rings. The van der Waals surface area contributed by atoms with E-state index in [2.05, 4.69) is 30.6 Å². The van der Waals surface area contributed by atoms with Gasteiger partial charge in [-0.1, -0.05) is 0 Å². The van der Waals surface area contributed by atoms with Gasteiger partial charge in [0, 0.05) is 57.7 Å². The molecule has 2 aromatic heterocycles. The van der Waals surface area contributed by atoms with Crippen LogP contribution in [0.4, 0.5) is 10.2 Å². The summed E-state index contributed by atoms with van der Waals surface area (Å²) in [5.41, 5.74) is 1.15. The van der Waals surface area contributed by atoms with Crippen molar-refractivity contribution in [1.29, 1.82) is 0 Å². The lowest BCUT2D eigenvalue weighted by atomic mass is 10.1. The minimum absolute atomic E-state index is 0.176. The Balaban J connectivity index is 1.55. The number of hydrogen-bond donors (Lipinski definition) is 2. The van der Waals surface area contributed by atoms with Crippen molar-refractivity contribution in [2.24, 2.45) is 12.0 Å². The van der Waals surface area contributed by atoms with E-state index >= 15 is 0 Å². The zero-order chi connectivity index (χ0) is 20.1. The van der Waals surface area contributed by atoms with Crippen LogP contribution in [0.15, 0.2) is 35.7 Å². The number of aryl methyl sites for hydroxylation is 1. The van der Waals surface area contributed by atoms with E-state index in [-0.39, 0.29) is 17.9 Å². The molecule has 1 fully saturated rings. The molecule has 0 amide bonds. The van der Waals surface area contributed by atoms with Crippen molar-refractivity contribution in [2.45, 2.75) is 18.5 Å². The van der Waals surface area contributed by atoms with Crippen molar-refractivity contribution in [3.63, 3.8) is 0 Å². The Morgan fingerprint density at radius 3 is 2.93 bits per heavy atom. The number of nitrogens with zero attached hydrogens (tertiary/aromatic N) is 6. The summed E-state index contributed by atoms with van der Waals surface area (Å²) in [6, 6.07) is 3.42. The number of rotatable bonds is 6. The highest BCUT2D eigenvalue weighted by Gasteiger charge is 2.26. The molecule has 9 heteroatoms. The van der Waals surface area contributed by atoms with Crippen molar-refractivity contribution >= 4 is 11.8 Å². The summed E-state index contributed by atoms with van der Waals surface area (Å²) in [6.07, 6.45) is 6.44. The number of aromatic nitrogens is 3. The Morgan fingerprint density at radius 2 is 2.29 bits per heavy atom. The molecular formula is C19H29FN8. The molecule has 0 aromatic carbocycles. The molecule has 0 radical (unpaired) electrons. The van der Waals surface area contributed by atoms with Crippen molar-refractivity contribution < 1.29 is 4.39 Å². The Bertz CT molecular complexity index is 803. The normalized spacial score (nSPS) is 18.6. The number of halogens is 1. The molecule has 0 saturated carbocycles. The standard InChI is InChI=1S/C19H29FN8/c1-21-19(23-11-17(26(2)3)14-10-24-27(4)12-14)25-15-7-9-28(13-15)18-16(20)6-5-8-22-18/h5-6,8,10,12,15,17H,7,9,11,13H2,1-4H3,(H2,21,23,25). The van der Waals surface area contributed by atoms with Crippen LogP contribution >= 0.6 is 0 Å². The van der Waals surface area contributed by atoms with Crippen molar-refractivity contribution in [1.82, 2.24) is 30.3 Å². The van der Waals surface area contributed by atoms with Gasteiger partial charge in [0.1, 0.15) is 0 Å². The van der Waals surface area contributed by atoms with Crippen molar-refractivity contribution in [2.75, 3.05) is 45.7 Å². The molecule has 0 aliphatic carbocycles. The fourth-order valence-electron chi connectivity index (χ4n) is 3.47. The lowest BCUT2D eigenvalue weighted by Crippen LogP contribution is -2.46. The Morgan fingerprint density at radius 1 is 1.46 bits per heavy atom. The first-order valence-corrected chi connectivity index (χ1v) is 9.45. The maximum atomic E-state index is 14.0. The van der Waals surface area contributed by atoms with E-state index in [1.807, 2.05) is 43.1 Å². The van der Waals surface area contributed by atoms with Crippen LogP contribution in [0.3, 0.4) is 0 Å². The predicted octanol–water partition coefficient (Wildman–Crippen LogP) is 1.00. The molecule has 1 aliphatic rings. The van der Waals surface area contributed by atoms with Gasteiger partial charge in [0.05, 0.1) is 12.2 Å². The first-order chi connectivity index (χ1) is 13.5. The fraction of sp³-hybridized carbons (Fsp3) is 0.526. The first kappa shape index (κ1) is 20.1. The average Bonchev–Trinajstić information content (AvgIpc) is 3.30. The van der Waals surface area contributed by atoms with Crippen molar-refractivity contribution in [3.8, 4) is 0 Å². The van der Waals surface area contributed by atoms with E-state index in [0.29, 0.717) is 18.9 Å². The Kier molecular flexibility index (Phi) is 6.45. The van der Waals surface area contributed by atoms with Crippen LogP contribution in [0.1, 0.15) is 18.0 Å². The lowest BCUT2D eigenvalue weighted by Gasteiger charge is -2.25. The molecule has 152 valence electrons. The van der Waals surface area contributed by atoms with Gasteiger partial charge in [0.15, 0.2) is 17.6 Å². The second-order valence-corrected chi connectivity index (χ2v) is 7.26. The molecule has 2 N–H and O–H groups in total. The van der Waals surface area contributed by atoms with Crippen LogP contribution in [0, 0.1) is 5.82 Å². The molecule has 28 heavy (non-hydrogen) atoms. The van der Waals surface area contributed by atoms with Gasteiger partial charge < -0.3 is 20.4 Å². The molecule has 3 heterocycles.